The molecule has 2 heterocycles. The van der Waals surface area contributed by atoms with Crippen molar-refractivity contribution in [2.24, 2.45) is 5.92 Å². The summed E-state index contributed by atoms with van der Waals surface area (Å²) >= 11 is 0. The first kappa shape index (κ1) is 11.7. The molecule has 5 nitrogen and oxygen atoms in total. The number of nitrogens with zero attached hydrogens (tertiary/aromatic N) is 2. The standard InChI is InChI=1S/C13H18N2O3/c16-13(17)4-3-11-10-8-18-6-5-12(10)15(14-11)7-9-1-2-9/h9H,1-8H2,(H,16,17). The Morgan fingerprint density at radius 2 is 2.33 bits per heavy atom. The lowest BCUT2D eigenvalue weighted by Gasteiger charge is -2.15. The molecule has 3 rings (SSSR count). The lowest BCUT2D eigenvalue weighted by molar-refractivity contribution is -0.136. The Kier molecular flexibility index (Phi) is 3.07. The number of carboxylic acids is 1. The minimum absolute atomic E-state index is 0.146. The first-order valence-electron chi connectivity index (χ1n) is 6.61. The number of aliphatic carboxylic acids is 1. The van der Waals surface area contributed by atoms with Crippen LogP contribution in [0.1, 0.15) is 36.2 Å². The highest BCUT2D eigenvalue weighted by atomic mass is 16.5. The van der Waals surface area contributed by atoms with Crippen LogP contribution >= 0.6 is 0 Å². The first-order chi connectivity index (χ1) is 8.74. The fourth-order valence-corrected chi connectivity index (χ4v) is 2.50. The third-order valence-corrected chi connectivity index (χ3v) is 3.68. The fraction of sp³-hybridized carbons (Fsp3) is 0.692. The summed E-state index contributed by atoms with van der Waals surface area (Å²) in [5.41, 5.74) is 3.34. The van der Waals surface area contributed by atoms with Crippen molar-refractivity contribution in [3.8, 4) is 0 Å². The van der Waals surface area contributed by atoms with E-state index in [-0.39, 0.29) is 6.42 Å². The molecule has 0 unspecified atom stereocenters. The van der Waals surface area contributed by atoms with Crippen molar-refractivity contribution in [1.82, 2.24) is 9.78 Å². The maximum absolute atomic E-state index is 10.7. The molecule has 1 aromatic heterocycles. The second-order valence-electron chi connectivity index (χ2n) is 5.19. The zero-order chi connectivity index (χ0) is 12.5. The van der Waals surface area contributed by atoms with Crippen molar-refractivity contribution in [3.63, 3.8) is 0 Å². The van der Waals surface area contributed by atoms with E-state index < -0.39 is 5.97 Å². The molecule has 2 aliphatic rings. The molecule has 1 aromatic rings. The number of aryl methyl sites for hydroxylation is 1. The molecule has 1 aliphatic heterocycles. The molecule has 0 saturated heterocycles. The average Bonchev–Trinajstić information content (AvgIpc) is 3.10. The fourth-order valence-electron chi connectivity index (χ4n) is 2.50. The number of hydrogen-bond donors (Lipinski definition) is 1. The summed E-state index contributed by atoms with van der Waals surface area (Å²) in [6.45, 7) is 2.34. The smallest absolute Gasteiger partial charge is 0.303 e. The molecule has 0 spiro atoms. The maximum Gasteiger partial charge on any atom is 0.303 e. The Bertz CT molecular complexity index is 463. The molecule has 98 valence electrons. The van der Waals surface area contributed by atoms with Gasteiger partial charge in [0, 0.05) is 30.6 Å². The Morgan fingerprint density at radius 3 is 3.06 bits per heavy atom. The highest BCUT2D eigenvalue weighted by molar-refractivity contribution is 5.67. The Hall–Kier alpha value is -1.36. The van der Waals surface area contributed by atoms with Crippen LogP contribution in [0.5, 0.6) is 0 Å². The molecule has 0 atom stereocenters. The van der Waals surface area contributed by atoms with Crippen molar-refractivity contribution < 1.29 is 14.6 Å². The van der Waals surface area contributed by atoms with Crippen LogP contribution < -0.4 is 0 Å². The number of aromatic nitrogens is 2. The maximum atomic E-state index is 10.7. The van der Waals surface area contributed by atoms with Gasteiger partial charge in [0.15, 0.2) is 0 Å². The molecule has 0 bridgehead atoms. The van der Waals surface area contributed by atoms with E-state index in [0.29, 0.717) is 13.0 Å². The second-order valence-corrected chi connectivity index (χ2v) is 5.19. The zero-order valence-corrected chi connectivity index (χ0v) is 10.4. The predicted molar refractivity (Wildman–Crippen MR) is 64.3 cm³/mol. The molecule has 18 heavy (non-hydrogen) atoms. The van der Waals surface area contributed by atoms with E-state index in [1.165, 1.54) is 18.5 Å². The van der Waals surface area contributed by atoms with E-state index in [9.17, 15) is 4.79 Å². The van der Waals surface area contributed by atoms with Crippen LogP contribution in [0.4, 0.5) is 0 Å². The molecule has 0 aromatic carbocycles. The summed E-state index contributed by atoms with van der Waals surface area (Å²) in [6.07, 6.45) is 4.17. The van der Waals surface area contributed by atoms with Gasteiger partial charge in [-0.1, -0.05) is 0 Å². The lowest BCUT2D eigenvalue weighted by Crippen LogP contribution is -2.14. The Balaban J connectivity index is 1.82. The zero-order valence-electron chi connectivity index (χ0n) is 10.4. The third-order valence-electron chi connectivity index (χ3n) is 3.68. The van der Waals surface area contributed by atoms with Crippen LogP contribution in [0.25, 0.3) is 0 Å². The van der Waals surface area contributed by atoms with Crippen molar-refractivity contribution in [1.29, 1.82) is 0 Å². The van der Waals surface area contributed by atoms with Crippen molar-refractivity contribution in [2.75, 3.05) is 6.61 Å². The normalized spacial score (nSPS) is 18.7. The topological polar surface area (TPSA) is 64.3 Å². The van der Waals surface area contributed by atoms with Gasteiger partial charge >= 0.3 is 5.97 Å². The van der Waals surface area contributed by atoms with Crippen molar-refractivity contribution in [3.05, 3.63) is 17.0 Å². The number of ether oxygens (including phenoxy) is 1. The van der Waals surface area contributed by atoms with Gasteiger partial charge in [-0.25, -0.2) is 0 Å². The van der Waals surface area contributed by atoms with E-state index in [4.69, 9.17) is 9.84 Å². The summed E-state index contributed by atoms with van der Waals surface area (Å²) in [6, 6.07) is 0. The predicted octanol–water partition coefficient (Wildman–Crippen LogP) is 1.38. The van der Waals surface area contributed by atoms with Crippen molar-refractivity contribution in [2.45, 2.75) is 45.3 Å². The van der Waals surface area contributed by atoms with Gasteiger partial charge in [0.2, 0.25) is 0 Å². The number of carboxylic acid groups (broad SMARTS) is 1. The minimum atomic E-state index is -0.766. The van der Waals surface area contributed by atoms with Gasteiger partial charge in [0.1, 0.15) is 0 Å². The highest BCUT2D eigenvalue weighted by Gasteiger charge is 2.27. The summed E-state index contributed by atoms with van der Waals surface area (Å²) < 4.78 is 7.58. The minimum Gasteiger partial charge on any atom is -0.481 e. The van der Waals surface area contributed by atoms with Crippen LogP contribution in [-0.4, -0.2) is 27.5 Å². The van der Waals surface area contributed by atoms with Crippen LogP contribution in [0, 0.1) is 5.92 Å². The summed E-state index contributed by atoms with van der Waals surface area (Å²) in [5.74, 6) is 0.0152. The van der Waals surface area contributed by atoms with E-state index in [1.807, 2.05) is 0 Å². The monoisotopic (exact) mass is 250 g/mol. The van der Waals surface area contributed by atoms with Gasteiger partial charge in [0.25, 0.3) is 0 Å². The first-order valence-corrected chi connectivity index (χ1v) is 6.61. The van der Waals surface area contributed by atoms with E-state index in [0.717, 1.165) is 36.7 Å². The van der Waals surface area contributed by atoms with Gasteiger partial charge in [-0.2, -0.15) is 5.10 Å². The van der Waals surface area contributed by atoms with Gasteiger partial charge in [-0.15, -0.1) is 0 Å². The Labute approximate surface area is 106 Å². The molecular formula is C13H18N2O3. The number of fused-ring (bicyclic) bond motifs is 1. The molecular weight excluding hydrogens is 232 g/mol. The van der Waals surface area contributed by atoms with Gasteiger partial charge < -0.3 is 9.84 Å². The molecule has 1 fully saturated rings. The molecule has 1 N–H and O–H groups in total. The lowest BCUT2D eigenvalue weighted by atomic mass is 10.1. The summed E-state index contributed by atoms with van der Waals surface area (Å²) in [4.78, 5) is 10.7. The third kappa shape index (κ3) is 2.41. The van der Waals surface area contributed by atoms with E-state index >= 15 is 0 Å². The molecule has 0 amide bonds. The summed E-state index contributed by atoms with van der Waals surface area (Å²) in [5, 5.41) is 13.4. The van der Waals surface area contributed by atoms with Gasteiger partial charge in [0.05, 0.1) is 25.3 Å². The van der Waals surface area contributed by atoms with Crippen LogP contribution in [-0.2, 0) is 35.5 Å². The molecule has 5 heteroatoms. The SMILES string of the molecule is O=C(O)CCc1nn(CC2CC2)c2c1COCC2. The number of rotatable bonds is 5. The molecule has 1 saturated carbocycles. The second kappa shape index (κ2) is 4.72. The highest BCUT2D eigenvalue weighted by Crippen LogP contribution is 2.32. The molecule has 1 aliphatic carbocycles. The quantitative estimate of drug-likeness (QED) is 0.857. The van der Waals surface area contributed by atoms with Gasteiger partial charge in [-0.3, -0.25) is 9.48 Å². The van der Waals surface area contributed by atoms with Crippen LogP contribution in [0.15, 0.2) is 0 Å². The van der Waals surface area contributed by atoms with E-state index in [1.54, 1.807) is 0 Å². The summed E-state index contributed by atoms with van der Waals surface area (Å²) in [7, 11) is 0. The van der Waals surface area contributed by atoms with E-state index in [2.05, 4.69) is 9.78 Å². The van der Waals surface area contributed by atoms with Crippen LogP contribution in [0.2, 0.25) is 0 Å². The van der Waals surface area contributed by atoms with Crippen molar-refractivity contribution >= 4 is 5.97 Å². The number of hydrogen-bond acceptors (Lipinski definition) is 3. The van der Waals surface area contributed by atoms with Gasteiger partial charge in [-0.05, 0) is 18.8 Å². The molecule has 0 radical (unpaired) electrons. The Morgan fingerprint density at radius 1 is 1.50 bits per heavy atom. The largest absolute Gasteiger partial charge is 0.481 e. The number of carbonyl (C=O) groups is 1. The van der Waals surface area contributed by atoms with Crippen LogP contribution in [0.3, 0.4) is 0 Å². The average molecular weight is 250 g/mol.